The molecule has 1 aromatic rings. The fourth-order valence-corrected chi connectivity index (χ4v) is 2.58. The molecular formula is C13H21NS. The van der Waals surface area contributed by atoms with Gasteiger partial charge in [-0.1, -0.05) is 44.2 Å². The Balaban J connectivity index is 0.000000531. The summed E-state index contributed by atoms with van der Waals surface area (Å²) < 4.78 is 0. The number of rotatable bonds is 2. The minimum Gasteiger partial charge on any atom is -0.297 e. The lowest BCUT2D eigenvalue weighted by Crippen LogP contribution is -2.31. The molecule has 0 aromatic heterocycles. The number of thioether (sulfide) groups is 1. The molecule has 0 saturated carbocycles. The third-order valence-corrected chi connectivity index (χ3v) is 3.30. The Labute approximate surface area is 97.9 Å². The van der Waals surface area contributed by atoms with E-state index in [2.05, 4.69) is 47.0 Å². The fourth-order valence-electron chi connectivity index (χ4n) is 1.60. The second-order valence-electron chi connectivity index (χ2n) is 3.37. The molecule has 1 heterocycles. The summed E-state index contributed by atoms with van der Waals surface area (Å²) in [6.07, 6.45) is 0. The summed E-state index contributed by atoms with van der Waals surface area (Å²) in [5.41, 5.74) is 1.44. The Bertz CT molecular complexity index is 242. The lowest BCUT2D eigenvalue weighted by Gasteiger charge is -2.25. The van der Waals surface area contributed by atoms with Crippen LogP contribution in [0.4, 0.5) is 0 Å². The van der Waals surface area contributed by atoms with Gasteiger partial charge in [0.2, 0.25) is 0 Å². The van der Waals surface area contributed by atoms with Crippen molar-refractivity contribution in [1.82, 2.24) is 4.90 Å². The van der Waals surface area contributed by atoms with Gasteiger partial charge in [0.25, 0.3) is 0 Å². The Hall–Kier alpha value is -0.470. The summed E-state index contributed by atoms with van der Waals surface area (Å²) in [5, 5.41) is 0. The van der Waals surface area contributed by atoms with Crippen molar-refractivity contribution in [2.45, 2.75) is 20.4 Å². The molecule has 0 aliphatic carbocycles. The molecule has 0 unspecified atom stereocenters. The Morgan fingerprint density at radius 3 is 2.27 bits per heavy atom. The molecule has 1 nitrogen and oxygen atoms in total. The standard InChI is InChI=1S/C11H15NS.C2H6/c1-2-4-11(5-3-1)10-12-6-8-13-9-7-12;1-2/h1-5H,6-10H2;1-2H3. The minimum absolute atomic E-state index is 1.13. The fraction of sp³-hybridized carbons (Fsp3) is 0.538. The first kappa shape index (κ1) is 12.6. The van der Waals surface area contributed by atoms with Crippen molar-refractivity contribution in [3.05, 3.63) is 35.9 Å². The molecule has 0 bridgehead atoms. The molecule has 1 aliphatic rings. The summed E-state index contributed by atoms with van der Waals surface area (Å²) in [4.78, 5) is 2.53. The highest BCUT2D eigenvalue weighted by atomic mass is 32.2. The van der Waals surface area contributed by atoms with Gasteiger partial charge >= 0.3 is 0 Å². The van der Waals surface area contributed by atoms with Gasteiger partial charge in [-0.3, -0.25) is 4.90 Å². The molecule has 0 amide bonds. The first-order chi connectivity index (χ1) is 7.45. The predicted molar refractivity (Wildman–Crippen MR) is 70.4 cm³/mol. The van der Waals surface area contributed by atoms with E-state index in [1.807, 2.05) is 13.8 Å². The zero-order chi connectivity index (χ0) is 10.9. The summed E-state index contributed by atoms with van der Waals surface area (Å²) in [7, 11) is 0. The molecule has 84 valence electrons. The van der Waals surface area contributed by atoms with Crippen LogP contribution in [0.25, 0.3) is 0 Å². The molecule has 0 radical (unpaired) electrons. The van der Waals surface area contributed by atoms with Crippen molar-refractivity contribution in [2.75, 3.05) is 24.6 Å². The molecule has 2 heteroatoms. The molecule has 1 aromatic carbocycles. The van der Waals surface area contributed by atoms with E-state index in [0.717, 1.165) is 6.54 Å². The van der Waals surface area contributed by atoms with E-state index < -0.39 is 0 Å². The van der Waals surface area contributed by atoms with Crippen molar-refractivity contribution in [3.8, 4) is 0 Å². The van der Waals surface area contributed by atoms with E-state index in [0.29, 0.717) is 0 Å². The third-order valence-electron chi connectivity index (χ3n) is 2.35. The quantitative estimate of drug-likeness (QED) is 0.757. The van der Waals surface area contributed by atoms with Crippen LogP contribution in [-0.4, -0.2) is 29.5 Å². The van der Waals surface area contributed by atoms with Gasteiger partial charge in [-0.05, 0) is 5.56 Å². The number of hydrogen-bond acceptors (Lipinski definition) is 2. The van der Waals surface area contributed by atoms with Gasteiger partial charge in [-0.2, -0.15) is 11.8 Å². The van der Waals surface area contributed by atoms with Crippen molar-refractivity contribution < 1.29 is 0 Å². The lowest BCUT2D eigenvalue weighted by molar-refractivity contribution is 0.294. The summed E-state index contributed by atoms with van der Waals surface area (Å²) in [5.74, 6) is 2.60. The minimum atomic E-state index is 1.13. The van der Waals surface area contributed by atoms with Crippen molar-refractivity contribution in [3.63, 3.8) is 0 Å². The monoisotopic (exact) mass is 223 g/mol. The number of hydrogen-bond donors (Lipinski definition) is 0. The van der Waals surface area contributed by atoms with Gasteiger partial charge in [-0.25, -0.2) is 0 Å². The van der Waals surface area contributed by atoms with Gasteiger partial charge in [0.1, 0.15) is 0 Å². The van der Waals surface area contributed by atoms with E-state index in [-0.39, 0.29) is 0 Å². The summed E-state index contributed by atoms with van der Waals surface area (Å²) in [6, 6.07) is 10.7. The summed E-state index contributed by atoms with van der Waals surface area (Å²) >= 11 is 2.07. The molecule has 0 spiro atoms. The van der Waals surface area contributed by atoms with Crippen molar-refractivity contribution >= 4 is 11.8 Å². The maximum atomic E-state index is 2.53. The largest absolute Gasteiger partial charge is 0.297 e. The van der Waals surface area contributed by atoms with Crippen LogP contribution in [0.1, 0.15) is 19.4 Å². The van der Waals surface area contributed by atoms with Crippen LogP contribution < -0.4 is 0 Å². The van der Waals surface area contributed by atoms with Gasteiger partial charge < -0.3 is 0 Å². The molecule has 0 atom stereocenters. The highest BCUT2D eigenvalue weighted by molar-refractivity contribution is 7.99. The molecule has 1 aliphatic heterocycles. The van der Waals surface area contributed by atoms with Crippen molar-refractivity contribution in [1.29, 1.82) is 0 Å². The average Bonchev–Trinajstić information content (AvgIpc) is 2.34. The van der Waals surface area contributed by atoms with E-state index in [1.54, 1.807) is 0 Å². The normalized spacial score (nSPS) is 16.7. The average molecular weight is 223 g/mol. The third kappa shape index (κ3) is 4.72. The van der Waals surface area contributed by atoms with Gasteiger partial charge in [0.15, 0.2) is 0 Å². The van der Waals surface area contributed by atoms with E-state index >= 15 is 0 Å². The second-order valence-corrected chi connectivity index (χ2v) is 4.60. The topological polar surface area (TPSA) is 3.24 Å². The first-order valence-corrected chi connectivity index (χ1v) is 6.94. The second kappa shape index (κ2) is 7.77. The van der Waals surface area contributed by atoms with Crippen LogP contribution in [0.15, 0.2) is 30.3 Å². The van der Waals surface area contributed by atoms with Crippen LogP contribution in [0.5, 0.6) is 0 Å². The number of nitrogens with zero attached hydrogens (tertiary/aromatic N) is 1. The smallest absolute Gasteiger partial charge is 0.0234 e. The van der Waals surface area contributed by atoms with Crippen LogP contribution in [-0.2, 0) is 6.54 Å². The predicted octanol–water partition coefficient (Wildman–Crippen LogP) is 3.26. The zero-order valence-electron chi connectivity index (χ0n) is 9.78. The molecule has 0 N–H and O–H groups in total. The lowest BCUT2D eigenvalue weighted by atomic mass is 10.2. The molecular weight excluding hydrogens is 202 g/mol. The van der Waals surface area contributed by atoms with Crippen LogP contribution >= 0.6 is 11.8 Å². The van der Waals surface area contributed by atoms with Crippen molar-refractivity contribution in [2.24, 2.45) is 0 Å². The van der Waals surface area contributed by atoms with E-state index in [4.69, 9.17) is 0 Å². The maximum absolute atomic E-state index is 2.53. The van der Waals surface area contributed by atoms with E-state index in [9.17, 15) is 0 Å². The Morgan fingerprint density at radius 2 is 1.67 bits per heavy atom. The van der Waals surface area contributed by atoms with Crippen LogP contribution in [0, 0.1) is 0 Å². The SMILES string of the molecule is CC.c1ccc(CN2CCSCC2)cc1. The van der Waals surface area contributed by atoms with Gasteiger partial charge in [-0.15, -0.1) is 0 Å². The maximum Gasteiger partial charge on any atom is 0.0234 e. The Morgan fingerprint density at radius 1 is 1.07 bits per heavy atom. The molecule has 1 saturated heterocycles. The molecule has 1 fully saturated rings. The number of benzene rings is 1. The van der Waals surface area contributed by atoms with Gasteiger partial charge in [0.05, 0.1) is 0 Å². The Kier molecular flexibility index (Phi) is 6.53. The highest BCUT2D eigenvalue weighted by Gasteiger charge is 2.09. The summed E-state index contributed by atoms with van der Waals surface area (Å²) in [6.45, 7) is 7.63. The van der Waals surface area contributed by atoms with Gasteiger partial charge in [0, 0.05) is 31.1 Å². The van der Waals surface area contributed by atoms with Crippen LogP contribution in [0.3, 0.4) is 0 Å². The van der Waals surface area contributed by atoms with E-state index in [1.165, 1.54) is 30.2 Å². The molecule has 2 rings (SSSR count). The zero-order valence-corrected chi connectivity index (χ0v) is 10.6. The highest BCUT2D eigenvalue weighted by Crippen LogP contribution is 2.12. The molecule has 15 heavy (non-hydrogen) atoms. The van der Waals surface area contributed by atoms with Crippen LogP contribution in [0.2, 0.25) is 0 Å². The first-order valence-electron chi connectivity index (χ1n) is 5.79.